The summed E-state index contributed by atoms with van der Waals surface area (Å²) in [6.45, 7) is 3.91. The molecule has 0 aromatic carbocycles. The molecule has 21 heavy (non-hydrogen) atoms. The minimum Gasteiger partial charge on any atom is -0.355 e. The molecule has 116 valence electrons. The van der Waals surface area contributed by atoms with E-state index >= 15 is 0 Å². The quantitative estimate of drug-likeness (QED) is 0.783. The van der Waals surface area contributed by atoms with Crippen molar-refractivity contribution in [1.29, 1.82) is 0 Å². The fraction of sp³-hybridized carbons (Fsp3) is 0.643. The van der Waals surface area contributed by atoms with E-state index in [0.717, 1.165) is 12.8 Å². The minimum atomic E-state index is -0.342. The highest BCUT2D eigenvalue weighted by Crippen LogP contribution is 2.19. The smallest absolute Gasteiger partial charge is 0.247 e. The standard InChI is InChI=1S/C14H23N5O2/c1-11(19-9-3-6-17-19)14(21)18-8-2-4-12(10-18)13(20)16-7-5-15/h3,6,9,11-12H,2,4-5,7-8,10,15H2,1H3,(H,16,20). The fourth-order valence-electron chi connectivity index (χ4n) is 2.62. The molecule has 1 aromatic rings. The maximum Gasteiger partial charge on any atom is 0.247 e. The third-order valence-electron chi connectivity index (χ3n) is 3.83. The molecule has 2 unspecified atom stereocenters. The lowest BCUT2D eigenvalue weighted by molar-refractivity contribution is -0.138. The summed E-state index contributed by atoms with van der Waals surface area (Å²) in [7, 11) is 0. The van der Waals surface area contributed by atoms with Gasteiger partial charge in [-0.05, 0) is 25.8 Å². The molecule has 2 atom stereocenters. The number of hydrogen-bond acceptors (Lipinski definition) is 4. The first-order valence-electron chi connectivity index (χ1n) is 7.39. The Morgan fingerprint density at radius 2 is 2.33 bits per heavy atom. The van der Waals surface area contributed by atoms with Crippen LogP contribution in [0.15, 0.2) is 18.5 Å². The van der Waals surface area contributed by atoms with E-state index < -0.39 is 0 Å². The van der Waals surface area contributed by atoms with E-state index in [0.29, 0.717) is 26.2 Å². The zero-order valence-corrected chi connectivity index (χ0v) is 12.4. The SMILES string of the molecule is CC(C(=O)N1CCCC(C(=O)NCCN)C1)n1cccn1. The number of carbonyl (C=O) groups excluding carboxylic acids is 2. The number of likely N-dealkylation sites (tertiary alicyclic amines) is 1. The van der Waals surface area contributed by atoms with Crippen molar-refractivity contribution >= 4 is 11.8 Å². The number of hydrogen-bond donors (Lipinski definition) is 2. The molecule has 2 rings (SSSR count). The van der Waals surface area contributed by atoms with Crippen LogP contribution in [0.2, 0.25) is 0 Å². The summed E-state index contributed by atoms with van der Waals surface area (Å²) in [5, 5.41) is 6.90. The van der Waals surface area contributed by atoms with Gasteiger partial charge in [0, 0.05) is 38.6 Å². The number of nitrogens with two attached hydrogens (primary N) is 1. The fourth-order valence-corrected chi connectivity index (χ4v) is 2.62. The van der Waals surface area contributed by atoms with Gasteiger partial charge in [0.05, 0.1) is 5.92 Å². The molecule has 0 saturated carbocycles. The van der Waals surface area contributed by atoms with Gasteiger partial charge in [0.1, 0.15) is 6.04 Å². The lowest BCUT2D eigenvalue weighted by atomic mass is 9.96. The van der Waals surface area contributed by atoms with Gasteiger partial charge in [-0.15, -0.1) is 0 Å². The predicted molar refractivity (Wildman–Crippen MR) is 78.3 cm³/mol. The van der Waals surface area contributed by atoms with Crippen LogP contribution >= 0.6 is 0 Å². The van der Waals surface area contributed by atoms with Crippen LogP contribution in [0.4, 0.5) is 0 Å². The first kappa shape index (κ1) is 15.5. The number of nitrogens with zero attached hydrogens (tertiary/aromatic N) is 3. The van der Waals surface area contributed by atoms with E-state index in [1.165, 1.54) is 0 Å². The van der Waals surface area contributed by atoms with E-state index in [2.05, 4.69) is 10.4 Å². The van der Waals surface area contributed by atoms with E-state index in [-0.39, 0.29) is 23.8 Å². The Kier molecular flexibility index (Phi) is 5.32. The maximum atomic E-state index is 12.5. The predicted octanol–water partition coefficient (Wildman–Crippen LogP) is -0.242. The number of carbonyl (C=O) groups is 2. The zero-order valence-electron chi connectivity index (χ0n) is 12.4. The highest BCUT2D eigenvalue weighted by molar-refractivity contribution is 5.83. The average Bonchev–Trinajstić information content (AvgIpc) is 3.05. The zero-order chi connectivity index (χ0) is 15.2. The lowest BCUT2D eigenvalue weighted by Gasteiger charge is -2.33. The van der Waals surface area contributed by atoms with Crippen molar-refractivity contribution in [3.8, 4) is 0 Å². The van der Waals surface area contributed by atoms with Crippen molar-refractivity contribution < 1.29 is 9.59 Å². The summed E-state index contributed by atoms with van der Waals surface area (Å²) < 4.78 is 1.64. The Balaban J connectivity index is 1.94. The van der Waals surface area contributed by atoms with Crippen molar-refractivity contribution in [2.75, 3.05) is 26.2 Å². The van der Waals surface area contributed by atoms with Crippen LogP contribution in [-0.2, 0) is 9.59 Å². The van der Waals surface area contributed by atoms with E-state index in [1.54, 1.807) is 28.0 Å². The Morgan fingerprint density at radius 1 is 1.52 bits per heavy atom. The second kappa shape index (κ2) is 7.21. The van der Waals surface area contributed by atoms with E-state index in [4.69, 9.17) is 5.73 Å². The molecule has 7 heteroatoms. The molecule has 3 N–H and O–H groups in total. The molecule has 2 heterocycles. The number of nitrogens with one attached hydrogen (secondary N) is 1. The normalized spacial score (nSPS) is 20.1. The summed E-state index contributed by atoms with van der Waals surface area (Å²) >= 11 is 0. The largest absolute Gasteiger partial charge is 0.355 e. The van der Waals surface area contributed by atoms with Gasteiger partial charge >= 0.3 is 0 Å². The van der Waals surface area contributed by atoms with Crippen molar-refractivity contribution in [2.24, 2.45) is 11.7 Å². The summed E-state index contributed by atoms with van der Waals surface area (Å²) in [6.07, 6.45) is 5.09. The van der Waals surface area contributed by atoms with Crippen molar-refractivity contribution in [1.82, 2.24) is 20.0 Å². The van der Waals surface area contributed by atoms with Crippen LogP contribution in [0, 0.1) is 5.92 Å². The summed E-state index contributed by atoms with van der Waals surface area (Å²) in [4.78, 5) is 26.3. The van der Waals surface area contributed by atoms with E-state index in [9.17, 15) is 9.59 Å². The van der Waals surface area contributed by atoms with Gasteiger partial charge in [0.2, 0.25) is 11.8 Å². The number of amides is 2. The van der Waals surface area contributed by atoms with Crippen LogP contribution in [0.25, 0.3) is 0 Å². The van der Waals surface area contributed by atoms with Gasteiger partial charge in [-0.3, -0.25) is 14.3 Å². The molecule has 0 spiro atoms. The Hall–Kier alpha value is -1.89. The van der Waals surface area contributed by atoms with Gasteiger partial charge < -0.3 is 16.0 Å². The molecule has 1 saturated heterocycles. The average molecular weight is 293 g/mol. The molecule has 2 amide bonds. The molecular weight excluding hydrogens is 270 g/mol. The highest BCUT2D eigenvalue weighted by atomic mass is 16.2. The molecule has 0 aliphatic carbocycles. The van der Waals surface area contributed by atoms with Crippen LogP contribution in [0.1, 0.15) is 25.8 Å². The molecule has 1 fully saturated rings. The molecule has 7 nitrogen and oxygen atoms in total. The first-order valence-corrected chi connectivity index (χ1v) is 7.39. The minimum absolute atomic E-state index is 0.00928. The number of rotatable bonds is 5. The maximum absolute atomic E-state index is 12.5. The molecule has 1 aromatic heterocycles. The molecule has 1 aliphatic rings. The second-order valence-corrected chi connectivity index (χ2v) is 5.37. The highest BCUT2D eigenvalue weighted by Gasteiger charge is 2.30. The third-order valence-corrected chi connectivity index (χ3v) is 3.83. The lowest BCUT2D eigenvalue weighted by Crippen LogP contribution is -2.47. The van der Waals surface area contributed by atoms with Gasteiger partial charge in [0.15, 0.2) is 0 Å². The summed E-state index contributed by atoms with van der Waals surface area (Å²) in [5.74, 6) is -0.140. The Morgan fingerprint density at radius 3 is 3.00 bits per heavy atom. The van der Waals surface area contributed by atoms with Crippen molar-refractivity contribution in [2.45, 2.75) is 25.8 Å². The third kappa shape index (κ3) is 3.81. The summed E-state index contributed by atoms with van der Waals surface area (Å²) in [6, 6.07) is 1.45. The monoisotopic (exact) mass is 293 g/mol. The van der Waals surface area contributed by atoms with Crippen molar-refractivity contribution in [3.63, 3.8) is 0 Å². The molecule has 0 radical (unpaired) electrons. The number of piperidine rings is 1. The van der Waals surface area contributed by atoms with Crippen LogP contribution in [0.5, 0.6) is 0 Å². The first-order chi connectivity index (χ1) is 10.1. The van der Waals surface area contributed by atoms with Gasteiger partial charge in [-0.1, -0.05) is 0 Å². The second-order valence-electron chi connectivity index (χ2n) is 5.37. The van der Waals surface area contributed by atoms with Crippen molar-refractivity contribution in [3.05, 3.63) is 18.5 Å². The van der Waals surface area contributed by atoms with E-state index in [1.807, 2.05) is 6.92 Å². The van der Waals surface area contributed by atoms with Crippen LogP contribution < -0.4 is 11.1 Å². The Labute approximate surface area is 124 Å². The van der Waals surface area contributed by atoms with Gasteiger partial charge in [-0.2, -0.15) is 5.10 Å². The topological polar surface area (TPSA) is 93.3 Å². The van der Waals surface area contributed by atoms with Gasteiger partial charge in [0.25, 0.3) is 0 Å². The van der Waals surface area contributed by atoms with Gasteiger partial charge in [-0.25, -0.2) is 0 Å². The molecule has 1 aliphatic heterocycles. The van der Waals surface area contributed by atoms with Crippen LogP contribution in [-0.4, -0.2) is 52.7 Å². The Bertz CT molecular complexity index is 474. The molecule has 0 bridgehead atoms. The summed E-state index contributed by atoms with van der Waals surface area (Å²) in [5.41, 5.74) is 5.39. The van der Waals surface area contributed by atoms with Crippen LogP contribution in [0.3, 0.4) is 0 Å². The number of aromatic nitrogens is 2. The molecular formula is C14H23N5O2.